The summed E-state index contributed by atoms with van der Waals surface area (Å²) in [6.45, 7) is 2.79. The van der Waals surface area contributed by atoms with Gasteiger partial charge in [0.15, 0.2) is 0 Å². The minimum Gasteiger partial charge on any atom is -0.473 e. The quantitative estimate of drug-likeness (QED) is 0.290. The van der Waals surface area contributed by atoms with Crippen LogP contribution in [0.2, 0.25) is 0 Å². The Morgan fingerprint density at radius 2 is 1.43 bits per heavy atom. The Morgan fingerprint density at radius 1 is 0.850 bits per heavy atom. The van der Waals surface area contributed by atoms with Gasteiger partial charge in [-0.2, -0.15) is 0 Å². The third kappa shape index (κ3) is 8.29. The molecule has 40 heavy (non-hydrogen) atoms. The molecule has 0 saturated carbocycles. The zero-order valence-corrected chi connectivity index (χ0v) is 21.6. The van der Waals surface area contributed by atoms with Crippen molar-refractivity contribution in [1.29, 1.82) is 0 Å². The van der Waals surface area contributed by atoms with Crippen LogP contribution in [0.1, 0.15) is 30.1 Å². The summed E-state index contributed by atoms with van der Waals surface area (Å²) in [5, 5.41) is 19.5. The number of benzene rings is 3. The molecule has 0 bridgehead atoms. The molecule has 1 aliphatic rings. The lowest BCUT2D eigenvalue weighted by molar-refractivity contribution is -0.159. The monoisotopic (exact) mass is 551 g/mol. The van der Waals surface area contributed by atoms with Gasteiger partial charge in [-0.1, -0.05) is 36.4 Å². The summed E-state index contributed by atoms with van der Waals surface area (Å²) >= 11 is 0. The second kappa shape index (κ2) is 14.1. The second-order valence-corrected chi connectivity index (χ2v) is 9.40. The number of piperidine rings is 1. The number of aliphatic carboxylic acids is 2. The molecule has 3 aromatic carbocycles. The largest absolute Gasteiger partial charge is 0.473 e. The number of likely N-dealkylation sites (tertiary alicyclic amines) is 1. The summed E-state index contributed by atoms with van der Waals surface area (Å²) in [5.41, 5.74) is 4.04. The van der Waals surface area contributed by atoms with E-state index in [0.29, 0.717) is 5.92 Å². The normalized spacial score (nSPS) is 14.3. The zero-order chi connectivity index (χ0) is 27.8. The van der Waals surface area contributed by atoms with Crippen LogP contribution in [0, 0.1) is 17.6 Å². The van der Waals surface area contributed by atoms with Crippen molar-refractivity contribution in [3.05, 3.63) is 108 Å². The highest BCUT2D eigenvalue weighted by molar-refractivity contribution is 6.27. The van der Waals surface area contributed by atoms with E-state index in [9.17, 15) is 8.78 Å². The van der Waals surface area contributed by atoms with Crippen molar-refractivity contribution in [1.82, 2.24) is 9.88 Å². The lowest BCUT2D eigenvalue weighted by Crippen LogP contribution is -2.37. The predicted octanol–water partition coefficient (Wildman–Crippen LogP) is 4.91. The summed E-state index contributed by atoms with van der Waals surface area (Å²) < 4.78 is 26.9. The van der Waals surface area contributed by atoms with Crippen molar-refractivity contribution in [3.63, 3.8) is 0 Å². The standard InChI is InChI=1S/C28H27F2N3.C2H2O4.H2O/c29-23-8-5-21(6-9-23)28(32-25-13-10-24(30)11-14-25)22-15-17-33(18-16-22)19-26-12-7-20-3-1-2-4-27(20)31-26;3-1(4)2(5)6;/h1-14,22,28,32H,15-19H2;(H,3,4)(H,5,6);1H2. The Kier molecular flexibility index (Phi) is 10.6. The fraction of sp³-hybridized carbons (Fsp3) is 0.233. The lowest BCUT2D eigenvalue weighted by Gasteiger charge is -2.37. The average Bonchev–Trinajstić information content (AvgIpc) is 2.94. The van der Waals surface area contributed by atoms with E-state index in [-0.39, 0.29) is 23.2 Å². The number of anilines is 1. The number of rotatable bonds is 6. The van der Waals surface area contributed by atoms with E-state index in [4.69, 9.17) is 24.8 Å². The van der Waals surface area contributed by atoms with Crippen molar-refractivity contribution >= 4 is 28.5 Å². The molecule has 210 valence electrons. The minimum atomic E-state index is -1.82. The highest BCUT2D eigenvalue weighted by Crippen LogP contribution is 2.34. The zero-order valence-electron chi connectivity index (χ0n) is 21.6. The molecule has 1 fully saturated rings. The first-order chi connectivity index (χ1) is 18.8. The molecule has 8 nitrogen and oxygen atoms in total. The van der Waals surface area contributed by atoms with E-state index < -0.39 is 11.9 Å². The molecule has 0 spiro atoms. The van der Waals surface area contributed by atoms with Gasteiger partial charge in [-0.25, -0.2) is 18.4 Å². The number of pyridine rings is 1. The Hall–Kier alpha value is -4.41. The number of nitrogens with one attached hydrogen (secondary N) is 1. The number of hydrogen-bond acceptors (Lipinski definition) is 5. The molecule has 1 saturated heterocycles. The lowest BCUT2D eigenvalue weighted by atomic mass is 9.85. The van der Waals surface area contributed by atoms with E-state index >= 15 is 0 Å². The van der Waals surface area contributed by atoms with Gasteiger partial charge in [-0.05, 0) is 85.9 Å². The van der Waals surface area contributed by atoms with Crippen LogP contribution in [0.4, 0.5) is 14.5 Å². The van der Waals surface area contributed by atoms with E-state index in [1.165, 1.54) is 24.3 Å². The maximum Gasteiger partial charge on any atom is 0.414 e. The number of carboxylic acids is 2. The first-order valence-electron chi connectivity index (χ1n) is 12.6. The van der Waals surface area contributed by atoms with Crippen molar-refractivity contribution in [3.8, 4) is 0 Å². The van der Waals surface area contributed by atoms with Gasteiger partial charge in [0, 0.05) is 17.6 Å². The summed E-state index contributed by atoms with van der Waals surface area (Å²) in [6, 6.07) is 25.6. The first-order valence-corrected chi connectivity index (χ1v) is 12.6. The maximum absolute atomic E-state index is 13.5. The van der Waals surface area contributed by atoms with E-state index in [0.717, 1.165) is 60.3 Å². The molecular weight excluding hydrogens is 520 g/mol. The van der Waals surface area contributed by atoms with Crippen LogP contribution < -0.4 is 5.32 Å². The van der Waals surface area contributed by atoms with Crippen molar-refractivity contribution in [2.75, 3.05) is 18.4 Å². The molecule has 0 amide bonds. The highest BCUT2D eigenvalue weighted by atomic mass is 19.1. The van der Waals surface area contributed by atoms with E-state index in [2.05, 4.69) is 34.5 Å². The third-order valence-electron chi connectivity index (χ3n) is 6.72. The summed E-state index contributed by atoms with van der Waals surface area (Å²) in [6.07, 6.45) is 2.04. The molecule has 1 atom stereocenters. The number of carboxylic acid groups (broad SMARTS) is 2. The molecule has 5 rings (SSSR count). The molecule has 5 N–H and O–H groups in total. The van der Waals surface area contributed by atoms with Crippen LogP contribution in [0.5, 0.6) is 0 Å². The number of nitrogens with zero attached hydrogens (tertiary/aromatic N) is 2. The second-order valence-electron chi connectivity index (χ2n) is 9.40. The molecule has 1 unspecified atom stereocenters. The topological polar surface area (TPSA) is 134 Å². The molecule has 1 aliphatic heterocycles. The van der Waals surface area contributed by atoms with Crippen LogP contribution in [-0.4, -0.2) is 50.6 Å². The number of fused-ring (bicyclic) bond motifs is 1. The Labute approximate surface area is 230 Å². The van der Waals surface area contributed by atoms with Crippen LogP contribution >= 0.6 is 0 Å². The molecule has 1 aromatic heterocycles. The van der Waals surface area contributed by atoms with Crippen molar-refractivity contribution in [2.24, 2.45) is 5.92 Å². The van der Waals surface area contributed by atoms with Crippen LogP contribution in [0.3, 0.4) is 0 Å². The SMILES string of the molecule is Fc1ccc(NC(c2ccc(F)cc2)C2CCN(Cc3ccc4ccccc4n3)CC2)cc1.O.O=C(O)C(=O)O. The molecule has 4 aromatic rings. The summed E-state index contributed by atoms with van der Waals surface area (Å²) in [4.78, 5) is 25.5. The van der Waals surface area contributed by atoms with Crippen LogP contribution in [0.25, 0.3) is 10.9 Å². The predicted molar refractivity (Wildman–Crippen MR) is 148 cm³/mol. The Balaban J connectivity index is 0.000000570. The van der Waals surface area contributed by atoms with Gasteiger partial charge < -0.3 is 21.0 Å². The van der Waals surface area contributed by atoms with Gasteiger partial charge in [0.2, 0.25) is 0 Å². The molecule has 2 heterocycles. The minimum absolute atomic E-state index is 0. The van der Waals surface area contributed by atoms with Crippen LogP contribution in [0.15, 0.2) is 84.9 Å². The molecule has 0 aliphatic carbocycles. The number of hydrogen-bond donors (Lipinski definition) is 3. The molecular formula is C30H31F2N3O5. The maximum atomic E-state index is 13.5. The molecule has 0 radical (unpaired) electrons. The van der Waals surface area contributed by atoms with Gasteiger partial charge in [0.25, 0.3) is 0 Å². The van der Waals surface area contributed by atoms with Crippen molar-refractivity contribution in [2.45, 2.75) is 25.4 Å². The van der Waals surface area contributed by atoms with E-state index in [1.54, 1.807) is 12.1 Å². The summed E-state index contributed by atoms with van der Waals surface area (Å²) in [7, 11) is 0. The van der Waals surface area contributed by atoms with Gasteiger partial charge in [0.05, 0.1) is 17.3 Å². The highest BCUT2D eigenvalue weighted by Gasteiger charge is 2.28. The average molecular weight is 552 g/mol. The number of aromatic nitrogens is 1. The number of para-hydroxylation sites is 1. The van der Waals surface area contributed by atoms with Crippen LogP contribution in [-0.2, 0) is 16.1 Å². The van der Waals surface area contributed by atoms with Gasteiger partial charge >= 0.3 is 11.9 Å². The smallest absolute Gasteiger partial charge is 0.414 e. The third-order valence-corrected chi connectivity index (χ3v) is 6.72. The molecule has 10 heteroatoms. The van der Waals surface area contributed by atoms with Gasteiger partial charge in [0.1, 0.15) is 11.6 Å². The fourth-order valence-electron chi connectivity index (χ4n) is 4.74. The number of carbonyl (C=O) groups is 2. The fourth-order valence-corrected chi connectivity index (χ4v) is 4.74. The van der Waals surface area contributed by atoms with E-state index in [1.807, 2.05) is 24.3 Å². The van der Waals surface area contributed by atoms with Crippen molar-refractivity contribution < 1.29 is 34.1 Å². The Bertz CT molecular complexity index is 1400. The van der Waals surface area contributed by atoms with Gasteiger partial charge in [-0.3, -0.25) is 9.88 Å². The summed E-state index contributed by atoms with van der Waals surface area (Å²) in [5.74, 6) is -3.75. The first kappa shape index (κ1) is 30.1. The Morgan fingerprint density at radius 3 is 2.02 bits per heavy atom. The van der Waals surface area contributed by atoms with Gasteiger partial charge in [-0.15, -0.1) is 0 Å². The number of halogens is 2.